The number of nitrogens with one attached hydrogen (secondary N) is 1. The van der Waals surface area contributed by atoms with Crippen LogP contribution in [0.2, 0.25) is 0 Å². The number of anilines is 2. The first kappa shape index (κ1) is 13.7. The van der Waals surface area contributed by atoms with Gasteiger partial charge in [-0.15, -0.1) is 0 Å². The molecule has 1 heterocycles. The van der Waals surface area contributed by atoms with Crippen molar-refractivity contribution in [1.82, 2.24) is 4.37 Å². The Morgan fingerprint density at radius 3 is 2.42 bits per heavy atom. The molecule has 0 aliphatic heterocycles. The summed E-state index contributed by atoms with van der Waals surface area (Å²) in [5.74, 6) is 0.569. The molecule has 2 aromatic rings. The Morgan fingerprint density at radius 2 is 1.89 bits per heavy atom. The molecular formula is C15H18N2OS. The van der Waals surface area contributed by atoms with E-state index in [-0.39, 0.29) is 5.78 Å². The van der Waals surface area contributed by atoms with E-state index in [0.717, 1.165) is 16.4 Å². The van der Waals surface area contributed by atoms with Crippen molar-refractivity contribution < 1.29 is 4.79 Å². The third-order valence-electron chi connectivity index (χ3n) is 3.05. The van der Waals surface area contributed by atoms with Gasteiger partial charge in [0, 0.05) is 5.69 Å². The molecule has 19 heavy (non-hydrogen) atoms. The highest BCUT2D eigenvalue weighted by atomic mass is 32.1. The van der Waals surface area contributed by atoms with Crippen LogP contribution in [0.4, 0.5) is 10.7 Å². The number of Topliss-reactive ketones (excluding diaryl/α,β-unsaturated/α-hetero) is 1. The highest BCUT2D eigenvalue weighted by molar-refractivity contribution is 7.10. The van der Waals surface area contributed by atoms with E-state index in [2.05, 4.69) is 35.7 Å². The van der Waals surface area contributed by atoms with Gasteiger partial charge in [-0.05, 0) is 49.0 Å². The van der Waals surface area contributed by atoms with Gasteiger partial charge in [0.15, 0.2) is 5.78 Å². The summed E-state index contributed by atoms with van der Waals surface area (Å²) in [6.07, 6.45) is 0. The zero-order valence-corrected chi connectivity index (χ0v) is 12.5. The van der Waals surface area contributed by atoms with Crippen LogP contribution in [-0.2, 0) is 0 Å². The van der Waals surface area contributed by atoms with Crippen LogP contribution in [0.25, 0.3) is 0 Å². The number of nitrogens with zero attached hydrogens (tertiary/aromatic N) is 1. The predicted octanol–water partition coefficient (Wildman–Crippen LogP) is 4.52. The number of hydrogen-bond donors (Lipinski definition) is 1. The van der Waals surface area contributed by atoms with Crippen molar-refractivity contribution in [2.45, 2.75) is 33.6 Å². The lowest BCUT2D eigenvalue weighted by Crippen LogP contribution is -1.98. The number of rotatable bonds is 4. The molecule has 0 radical (unpaired) electrons. The van der Waals surface area contributed by atoms with Gasteiger partial charge in [0.1, 0.15) is 5.00 Å². The monoisotopic (exact) mass is 274 g/mol. The molecule has 1 aromatic carbocycles. The Hall–Kier alpha value is -1.68. The molecule has 0 atom stereocenters. The van der Waals surface area contributed by atoms with Gasteiger partial charge < -0.3 is 5.32 Å². The van der Waals surface area contributed by atoms with Crippen LogP contribution in [0, 0.1) is 6.92 Å². The lowest BCUT2D eigenvalue weighted by molar-refractivity contribution is 0.101. The van der Waals surface area contributed by atoms with E-state index in [4.69, 9.17) is 0 Å². The number of ketones is 1. The van der Waals surface area contributed by atoms with Gasteiger partial charge in [0.2, 0.25) is 0 Å². The molecular weight excluding hydrogens is 256 g/mol. The van der Waals surface area contributed by atoms with Gasteiger partial charge >= 0.3 is 0 Å². The van der Waals surface area contributed by atoms with Gasteiger partial charge in [-0.1, -0.05) is 26.0 Å². The van der Waals surface area contributed by atoms with Crippen molar-refractivity contribution >= 4 is 28.0 Å². The maximum Gasteiger partial charge on any atom is 0.164 e. The first-order chi connectivity index (χ1) is 8.99. The van der Waals surface area contributed by atoms with E-state index in [1.54, 1.807) is 6.92 Å². The van der Waals surface area contributed by atoms with Gasteiger partial charge in [0.05, 0.1) is 11.3 Å². The van der Waals surface area contributed by atoms with Crippen molar-refractivity contribution in [3.05, 3.63) is 41.1 Å². The van der Waals surface area contributed by atoms with Crippen LogP contribution in [0.5, 0.6) is 0 Å². The number of aryl methyl sites for hydroxylation is 1. The topological polar surface area (TPSA) is 42.0 Å². The standard InChI is InChI=1S/C15H18N2OS/c1-9(2)12-5-7-13(8-6-12)16-15-14(11(4)18)10(3)17-19-15/h5-9,16H,1-4H3. The summed E-state index contributed by atoms with van der Waals surface area (Å²) >= 11 is 1.33. The molecule has 0 unspecified atom stereocenters. The highest BCUT2D eigenvalue weighted by Gasteiger charge is 2.14. The highest BCUT2D eigenvalue weighted by Crippen LogP contribution is 2.29. The fraction of sp³-hybridized carbons (Fsp3) is 0.333. The van der Waals surface area contributed by atoms with Crippen molar-refractivity contribution in [3.63, 3.8) is 0 Å². The van der Waals surface area contributed by atoms with E-state index in [0.29, 0.717) is 11.5 Å². The number of hydrogen-bond acceptors (Lipinski definition) is 4. The molecule has 1 aromatic heterocycles. The minimum absolute atomic E-state index is 0.0487. The average molecular weight is 274 g/mol. The summed E-state index contributed by atoms with van der Waals surface area (Å²) in [6, 6.07) is 8.28. The number of benzene rings is 1. The molecule has 0 saturated heterocycles. The van der Waals surface area contributed by atoms with Gasteiger partial charge in [0.25, 0.3) is 0 Å². The van der Waals surface area contributed by atoms with E-state index in [9.17, 15) is 4.79 Å². The molecule has 0 bridgehead atoms. The van der Waals surface area contributed by atoms with Crippen LogP contribution in [0.1, 0.15) is 48.3 Å². The summed E-state index contributed by atoms with van der Waals surface area (Å²) < 4.78 is 4.24. The molecule has 0 aliphatic carbocycles. The zero-order chi connectivity index (χ0) is 14.0. The number of carbonyl (C=O) groups is 1. The van der Waals surface area contributed by atoms with Gasteiger partial charge in [-0.25, -0.2) is 0 Å². The Kier molecular flexibility index (Phi) is 4.00. The SMILES string of the molecule is CC(=O)c1c(C)nsc1Nc1ccc(C(C)C)cc1. The fourth-order valence-electron chi connectivity index (χ4n) is 1.95. The average Bonchev–Trinajstić information content (AvgIpc) is 2.71. The van der Waals surface area contributed by atoms with E-state index < -0.39 is 0 Å². The largest absolute Gasteiger partial charge is 0.345 e. The molecule has 2 rings (SSSR count). The maximum atomic E-state index is 11.6. The Labute approximate surface area is 117 Å². The van der Waals surface area contributed by atoms with Crippen LogP contribution in [0.3, 0.4) is 0 Å². The van der Waals surface area contributed by atoms with E-state index in [1.165, 1.54) is 17.1 Å². The first-order valence-electron chi connectivity index (χ1n) is 6.33. The van der Waals surface area contributed by atoms with Crippen molar-refractivity contribution in [3.8, 4) is 0 Å². The molecule has 100 valence electrons. The molecule has 3 nitrogen and oxygen atoms in total. The van der Waals surface area contributed by atoms with Gasteiger partial charge in [-0.3, -0.25) is 4.79 Å². The Morgan fingerprint density at radius 1 is 1.26 bits per heavy atom. The summed E-state index contributed by atoms with van der Waals surface area (Å²) in [4.78, 5) is 11.6. The lowest BCUT2D eigenvalue weighted by atomic mass is 10.0. The third-order valence-corrected chi connectivity index (χ3v) is 3.90. The smallest absolute Gasteiger partial charge is 0.164 e. The summed E-state index contributed by atoms with van der Waals surface area (Å²) in [5, 5.41) is 4.10. The maximum absolute atomic E-state index is 11.6. The second-order valence-corrected chi connectivity index (χ2v) is 5.70. The second-order valence-electron chi connectivity index (χ2n) is 4.93. The molecule has 0 spiro atoms. The minimum atomic E-state index is 0.0487. The third kappa shape index (κ3) is 3.01. The normalized spacial score (nSPS) is 10.8. The lowest BCUT2D eigenvalue weighted by Gasteiger charge is -2.08. The minimum Gasteiger partial charge on any atom is -0.345 e. The summed E-state index contributed by atoms with van der Waals surface area (Å²) in [5.41, 5.74) is 3.77. The molecule has 0 aliphatic rings. The zero-order valence-electron chi connectivity index (χ0n) is 11.7. The first-order valence-corrected chi connectivity index (χ1v) is 7.10. The van der Waals surface area contributed by atoms with Crippen LogP contribution >= 0.6 is 11.5 Å². The van der Waals surface area contributed by atoms with Crippen molar-refractivity contribution in [2.24, 2.45) is 0 Å². The van der Waals surface area contributed by atoms with Crippen molar-refractivity contribution in [1.29, 1.82) is 0 Å². The Bertz CT molecular complexity index is 585. The van der Waals surface area contributed by atoms with Crippen LogP contribution in [0.15, 0.2) is 24.3 Å². The van der Waals surface area contributed by atoms with Crippen molar-refractivity contribution in [2.75, 3.05) is 5.32 Å². The fourth-order valence-corrected chi connectivity index (χ4v) is 2.82. The molecule has 4 heteroatoms. The quantitative estimate of drug-likeness (QED) is 0.833. The molecule has 1 N–H and O–H groups in total. The molecule has 0 fully saturated rings. The number of aromatic nitrogens is 1. The molecule has 0 saturated carbocycles. The number of carbonyl (C=O) groups excluding carboxylic acids is 1. The van der Waals surface area contributed by atoms with Crippen LogP contribution in [-0.4, -0.2) is 10.2 Å². The summed E-state index contributed by atoms with van der Waals surface area (Å²) in [6.45, 7) is 7.77. The summed E-state index contributed by atoms with van der Waals surface area (Å²) in [7, 11) is 0. The molecule has 0 amide bonds. The second kappa shape index (κ2) is 5.53. The Balaban J connectivity index is 2.24. The van der Waals surface area contributed by atoms with Crippen LogP contribution < -0.4 is 5.32 Å². The van der Waals surface area contributed by atoms with E-state index >= 15 is 0 Å². The predicted molar refractivity (Wildman–Crippen MR) is 80.7 cm³/mol. The van der Waals surface area contributed by atoms with Gasteiger partial charge in [-0.2, -0.15) is 4.37 Å². The van der Waals surface area contributed by atoms with E-state index in [1.807, 2.05) is 19.1 Å².